The summed E-state index contributed by atoms with van der Waals surface area (Å²) in [6.45, 7) is 6.25. The summed E-state index contributed by atoms with van der Waals surface area (Å²) < 4.78 is 5.88. The number of benzene rings is 2. The van der Waals surface area contributed by atoms with Gasteiger partial charge in [0.15, 0.2) is 6.10 Å². The second-order valence-electron chi connectivity index (χ2n) is 5.74. The lowest BCUT2D eigenvalue weighted by Crippen LogP contribution is -2.37. The second-order valence-corrected chi connectivity index (χ2v) is 6.58. The first kappa shape index (κ1) is 18.6. The van der Waals surface area contributed by atoms with Gasteiger partial charge >= 0.3 is 0 Å². The monoisotopic (exact) mass is 365 g/mol. The number of aryl methyl sites for hydroxylation is 2. The fraction of sp³-hybridized carbons (Fsp3) is 0.316. The van der Waals surface area contributed by atoms with Gasteiger partial charge in [-0.25, -0.2) is 0 Å². The molecule has 0 saturated carbocycles. The van der Waals surface area contributed by atoms with Crippen molar-refractivity contribution < 1.29 is 9.53 Å². The topological polar surface area (TPSA) is 38.3 Å². The van der Waals surface area contributed by atoms with Crippen LogP contribution in [0, 0.1) is 13.8 Å². The number of amides is 1. The number of carbonyl (C=O) groups excluding carboxylic acids is 1. The van der Waals surface area contributed by atoms with Crippen LogP contribution >= 0.6 is 23.2 Å². The van der Waals surface area contributed by atoms with Crippen molar-refractivity contribution in [1.29, 1.82) is 0 Å². The minimum Gasteiger partial charge on any atom is -0.480 e. The predicted octanol–water partition coefficient (Wildman–Crippen LogP) is 5.08. The van der Waals surface area contributed by atoms with Crippen LogP contribution in [0.2, 0.25) is 10.0 Å². The molecule has 2 aromatic rings. The maximum atomic E-state index is 12.4. The normalized spacial score (nSPS) is 11.9. The van der Waals surface area contributed by atoms with Gasteiger partial charge in [-0.3, -0.25) is 4.79 Å². The fourth-order valence-electron chi connectivity index (χ4n) is 2.37. The molecule has 0 saturated heterocycles. The van der Waals surface area contributed by atoms with Crippen molar-refractivity contribution in [2.45, 2.75) is 39.8 Å². The molecule has 1 amide bonds. The highest BCUT2D eigenvalue weighted by Crippen LogP contribution is 2.22. The van der Waals surface area contributed by atoms with Gasteiger partial charge in [0.25, 0.3) is 5.91 Å². The molecule has 2 aromatic carbocycles. The summed E-state index contributed by atoms with van der Waals surface area (Å²) >= 11 is 12.0. The van der Waals surface area contributed by atoms with Gasteiger partial charge < -0.3 is 10.1 Å². The number of halogens is 2. The molecule has 0 aliphatic carbocycles. The van der Waals surface area contributed by atoms with E-state index in [4.69, 9.17) is 27.9 Å². The van der Waals surface area contributed by atoms with Crippen LogP contribution in [0.25, 0.3) is 0 Å². The molecule has 0 fully saturated rings. The van der Waals surface area contributed by atoms with Gasteiger partial charge in [-0.1, -0.05) is 53.9 Å². The molecular formula is C19H21Cl2NO2. The first-order chi connectivity index (χ1) is 11.4. The molecule has 1 atom stereocenters. The van der Waals surface area contributed by atoms with E-state index in [0.717, 1.165) is 22.4 Å². The summed E-state index contributed by atoms with van der Waals surface area (Å²) in [5.74, 6) is 0.565. The zero-order chi connectivity index (χ0) is 17.7. The van der Waals surface area contributed by atoms with Crippen molar-refractivity contribution in [3.63, 3.8) is 0 Å². The van der Waals surface area contributed by atoms with Crippen LogP contribution in [-0.2, 0) is 11.3 Å². The Bertz CT molecular complexity index is 731. The maximum absolute atomic E-state index is 12.4. The average Bonchev–Trinajstić information content (AvgIpc) is 2.53. The zero-order valence-corrected chi connectivity index (χ0v) is 15.5. The molecule has 0 radical (unpaired) electrons. The van der Waals surface area contributed by atoms with E-state index in [9.17, 15) is 4.79 Å². The first-order valence-corrected chi connectivity index (χ1v) is 8.62. The van der Waals surface area contributed by atoms with Crippen LogP contribution in [0.4, 0.5) is 0 Å². The van der Waals surface area contributed by atoms with Crippen molar-refractivity contribution in [3.8, 4) is 5.75 Å². The van der Waals surface area contributed by atoms with E-state index in [2.05, 4.69) is 5.32 Å². The van der Waals surface area contributed by atoms with Crippen LogP contribution in [0.3, 0.4) is 0 Å². The number of ether oxygens (including phenoxy) is 1. The summed E-state index contributed by atoms with van der Waals surface area (Å²) in [5, 5.41) is 3.97. The molecule has 1 N–H and O–H groups in total. The Balaban J connectivity index is 2.00. The Labute approximate surface area is 152 Å². The molecule has 0 unspecified atom stereocenters. The van der Waals surface area contributed by atoms with Gasteiger partial charge in [-0.15, -0.1) is 0 Å². The van der Waals surface area contributed by atoms with Crippen LogP contribution < -0.4 is 10.1 Å². The Morgan fingerprint density at radius 2 is 1.92 bits per heavy atom. The number of carbonyl (C=O) groups is 1. The summed E-state index contributed by atoms with van der Waals surface area (Å²) in [7, 11) is 0. The molecule has 0 spiro atoms. The first-order valence-electron chi connectivity index (χ1n) is 7.86. The Morgan fingerprint density at radius 1 is 1.17 bits per heavy atom. The number of nitrogens with one attached hydrogen (secondary N) is 1. The lowest BCUT2D eigenvalue weighted by Gasteiger charge is -2.19. The second kappa shape index (κ2) is 8.41. The Hall–Kier alpha value is -1.71. The SMILES string of the molecule is CC[C@@H](Oc1ccc(C)cc1C)C(=O)NCc1ccc(Cl)cc1Cl. The quantitative estimate of drug-likeness (QED) is 0.774. The predicted molar refractivity (Wildman–Crippen MR) is 98.9 cm³/mol. The van der Waals surface area contributed by atoms with Crippen LogP contribution in [-0.4, -0.2) is 12.0 Å². The molecule has 24 heavy (non-hydrogen) atoms. The summed E-state index contributed by atoms with van der Waals surface area (Å²) in [6, 6.07) is 11.1. The van der Waals surface area contributed by atoms with Crippen LogP contribution in [0.5, 0.6) is 5.75 Å². The van der Waals surface area contributed by atoms with Crippen molar-refractivity contribution in [3.05, 3.63) is 63.1 Å². The van der Waals surface area contributed by atoms with E-state index in [-0.39, 0.29) is 5.91 Å². The highest BCUT2D eigenvalue weighted by atomic mass is 35.5. The minimum absolute atomic E-state index is 0.163. The van der Waals surface area contributed by atoms with Gasteiger partial charge in [-0.05, 0) is 49.6 Å². The van der Waals surface area contributed by atoms with E-state index < -0.39 is 6.10 Å². The van der Waals surface area contributed by atoms with Crippen molar-refractivity contribution in [1.82, 2.24) is 5.32 Å². The van der Waals surface area contributed by atoms with Gasteiger partial charge in [-0.2, -0.15) is 0 Å². The Morgan fingerprint density at radius 3 is 2.54 bits per heavy atom. The van der Waals surface area contributed by atoms with E-state index in [1.165, 1.54) is 0 Å². The fourth-order valence-corrected chi connectivity index (χ4v) is 2.84. The average molecular weight is 366 g/mol. The lowest BCUT2D eigenvalue weighted by molar-refractivity contribution is -0.128. The molecular weight excluding hydrogens is 345 g/mol. The molecule has 0 aliphatic rings. The minimum atomic E-state index is -0.544. The van der Waals surface area contributed by atoms with Gasteiger partial charge in [0, 0.05) is 16.6 Å². The van der Waals surface area contributed by atoms with E-state index in [1.807, 2.05) is 39.0 Å². The third kappa shape index (κ3) is 4.89. The van der Waals surface area contributed by atoms with Gasteiger partial charge in [0.2, 0.25) is 0 Å². The van der Waals surface area contributed by atoms with Crippen molar-refractivity contribution in [2.24, 2.45) is 0 Å². The van der Waals surface area contributed by atoms with Crippen LogP contribution in [0.1, 0.15) is 30.0 Å². The molecule has 2 rings (SSSR count). The van der Waals surface area contributed by atoms with Crippen LogP contribution in [0.15, 0.2) is 36.4 Å². The highest BCUT2D eigenvalue weighted by Gasteiger charge is 2.19. The van der Waals surface area contributed by atoms with Gasteiger partial charge in [0.05, 0.1) is 0 Å². The van der Waals surface area contributed by atoms with Crippen molar-refractivity contribution in [2.75, 3.05) is 0 Å². The smallest absolute Gasteiger partial charge is 0.261 e. The maximum Gasteiger partial charge on any atom is 0.261 e. The molecule has 128 valence electrons. The molecule has 0 aromatic heterocycles. The summed E-state index contributed by atoms with van der Waals surface area (Å²) in [5.41, 5.74) is 2.99. The summed E-state index contributed by atoms with van der Waals surface area (Å²) in [4.78, 5) is 12.4. The number of rotatable bonds is 6. The Kier molecular flexibility index (Phi) is 6.52. The standard InChI is InChI=1S/C19H21Cl2NO2/c1-4-17(24-18-8-5-12(2)9-13(18)3)19(23)22-11-14-6-7-15(20)10-16(14)21/h5-10,17H,4,11H2,1-3H3,(H,22,23)/t17-/m1/s1. The third-order valence-corrected chi connectivity index (χ3v) is 4.32. The van der Waals surface area contributed by atoms with E-state index >= 15 is 0 Å². The molecule has 3 nitrogen and oxygen atoms in total. The van der Waals surface area contributed by atoms with Gasteiger partial charge in [0.1, 0.15) is 5.75 Å². The van der Waals surface area contributed by atoms with E-state index in [0.29, 0.717) is 23.0 Å². The largest absolute Gasteiger partial charge is 0.480 e. The molecule has 0 aliphatic heterocycles. The molecule has 0 bridgehead atoms. The zero-order valence-electron chi connectivity index (χ0n) is 14.0. The van der Waals surface area contributed by atoms with E-state index in [1.54, 1.807) is 18.2 Å². The lowest BCUT2D eigenvalue weighted by atomic mass is 10.1. The molecule has 5 heteroatoms. The summed E-state index contributed by atoms with van der Waals surface area (Å²) in [6.07, 6.45) is 0.0329. The van der Waals surface area contributed by atoms with Crippen molar-refractivity contribution >= 4 is 29.1 Å². The highest BCUT2D eigenvalue weighted by molar-refractivity contribution is 6.35. The third-order valence-electron chi connectivity index (χ3n) is 3.73. The molecule has 0 heterocycles. The number of hydrogen-bond acceptors (Lipinski definition) is 2. The number of hydrogen-bond donors (Lipinski definition) is 1.